The maximum Gasteiger partial charge on any atom is 0.133 e. The highest BCUT2D eigenvalue weighted by Gasteiger charge is 2.28. The van der Waals surface area contributed by atoms with E-state index in [2.05, 4.69) is 64.6 Å². The van der Waals surface area contributed by atoms with E-state index in [1.807, 2.05) is 12.1 Å². The molecule has 0 spiro atoms. The molecule has 0 radical (unpaired) electrons. The lowest BCUT2D eigenvalue weighted by Gasteiger charge is -2.29. The van der Waals surface area contributed by atoms with Gasteiger partial charge < -0.3 is 4.74 Å². The fourth-order valence-corrected chi connectivity index (χ4v) is 3.93. The number of ether oxygens (including phenoxy) is 1. The van der Waals surface area contributed by atoms with Crippen LogP contribution in [0.25, 0.3) is 0 Å². The van der Waals surface area contributed by atoms with Crippen LogP contribution in [0.4, 0.5) is 0 Å². The van der Waals surface area contributed by atoms with Gasteiger partial charge in [-0.1, -0.05) is 23.7 Å². The van der Waals surface area contributed by atoms with Crippen LogP contribution in [-0.2, 0) is 6.42 Å². The van der Waals surface area contributed by atoms with Gasteiger partial charge in [-0.3, -0.25) is 5.43 Å². The zero-order valence-corrected chi connectivity index (χ0v) is 15.8. The molecule has 0 aliphatic carbocycles. The van der Waals surface area contributed by atoms with Crippen LogP contribution in [0.3, 0.4) is 0 Å². The van der Waals surface area contributed by atoms with E-state index in [1.165, 1.54) is 16.7 Å². The van der Waals surface area contributed by atoms with Crippen molar-refractivity contribution in [2.24, 2.45) is 0 Å². The van der Waals surface area contributed by atoms with E-state index in [1.54, 1.807) is 7.11 Å². The topological polar surface area (TPSA) is 24.5 Å². The minimum atomic E-state index is 0.106. The first kappa shape index (κ1) is 16.8. The van der Waals surface area contributed by atoms with E-state index >= 15 is 0 Å². The Labute approximate surface area is 150 Å². The molecule has 0 aromatic heterocycles. The van der Waals surface area contributed by atoms with Crippen LogP contribution in [0.15, 0.2) is 40.9 Å². The fraction of sp³-hybridized carbons (Fsp3) is 0.333. The Hall–Kier alpha value is -1.07. The van der Waals surface area contributed by atoms with Crippen LogP contribution in [0.5, 0.6) is 5.75 Å². The molecule has 2 aromatic carbocycles. The second-order valence-electron chi connectivity index (χ2n) is 5.98. The van der Waals surface area contributed by atoms with Gasteiger partial charge >= 0.3 is 0 Å². The standard InChI is InChI=1S/C18H20BrClN2O/c1-11-8-13-9-16(19)17(23-3)10-15(13)18(22(2)21-11)12-4-6-14(20)7-5-12/h4-7,9-11,18,21H,8H2,1-3H3. The number of fused-ring (bicyclic) bond motifs is 1. The van der Waals surface area contributed by atoms with Gasteiger partial charge in [0.25, 0.3) is 0 Å². The first-order valence-electron chi connectivity index (χ1n) is 7.60. The van der Waals surface area contributed by atoms with Crippen molar-refractivity contribution in [3.05, 3.63) is 62.6 Å². The molecule has 23 heavy (non-hydrogen) atoms. The number of halogens is 2. The van der Waals surface area contributed by atoms with Gasteiger partial charge in [0, 0.05) is 18.1 Å². The van der Waals surface area contributed by atoms with E-state index in [9.17, 15) is 0 Å². The Balaban J connectivity index is 2.16. The molecule has 122 valence electrons. The van der Waals surface area contributed by atoms with Gasteiger partial charge in [-0.2, -0.15) is 0 Å². The molecule has 0 amide bonds. The third kappa shape index (κ3) is 3.41. The third-order valence-corrected chi connectivity index (χ3v) is 5.10. The van der Waals surface area contributed by atoms with Crippen molar-refractivity contribution in [3.63, 3.8) is 0 Å². The van der Waals surface area contributed by atoms with Gasteiger partial charge in [-0.15, -0.1) is 0 Å². The molecular weight excluding hydrogens is 376 g/mol. The number of hydrazine groups is 1. The quantitative estimate of drug-likeness (QED) is 0.805. The Morgan fingerprint density at radius 3 is 2.61 bits per heavy atom. The van der Waals surface area contributed by atoms with Crippen LogP contribution >= 0.6 is 27.5 Å². The molecule has 0 fully saturated rings. The Bertz CT molecular complexity index is 705. The molecule has 3 rings (SSSR count). The van der Waals surface area contributed by atoms with Gasteiger partial charge in [0.05, 0.1) is 17.6 Å². The summed E-state index contributed by atoms with van der Waals surface area (Å²) in [5.74, 6) is 0.852. The zero-order chi connectivity index (χ0) is 16.6. The van der Waals surface area contributed by atoms with Crippen LogP contribution in [0, 0.1) is 0 Å². The number of methoxy groups -OCH3 is 1. The average Bonchev–Trinajstić information content (AvgIpc) is 2.62. The molecular formula is C18H20BrClN2O. The van der Waals surface area contributed by atoms with E-state index < -0.39 is 0 Å². The molecule has 3 nitrogen and oxygen atoms in total. The van der Waals surface area contributed by atoms with Crippen LogP contribution in [0.2, 0.25) is 5.02 Å². The number of nitrogens with zero attached hydrogens (tertiary/aromatic N) is 1. The number of rotatable bonds is 2. The van der Waals surface area contributed by atoms with Crippen LogP contribution < -0.4 is 10.2 Å². The van der Waals surface area contributed by atoms with Crippen molar-refractivity contribution in [1.82, 2.24) is 10.4 Å². The molecule has 1 heterocycles. The summed E-state index contributed by atoms with van der Waals surface area (Å²) in [5.41, 5.74) is 7.33. The minimum Gasteiger partial charge on any atom is -0.496 e. The van der Waals surface area contributed by atoms with Gasteiger partial charge in [-0.05, 0) is 70.2 Å². The zero-order valence-electron chi connectivity index (χ0n) is 13.4. The van der Waals surface area contributed by atoms with Gasteiger partial charge in [0.15, 0.2) is 0 Å². The first-order valence-corrected chi connectivity index (χ1v) is 8.77. The van der Waals surface area contributed by atoms with E-state index in [0.29, 0.717) is 6.04 Å². The van der Waals surface area contributed by atoms with Crippen molar-refractivity contribution in [2.75, 3.05) is 14.2 Å². The van der Waals surface area contributed by atoms with Crippen molar-refractivity contribution in [3.8, 4) is 5.75 Å². The Morgan fingerprint density at radius 1 is 1.26 bits per heavy atom. The lowest BCUT2D eigenvalue weighted by Crippen LogP contribution is -2.42. The summed E-state index contributed by atoms with van der Waals surface area (Å²) >= 11 is 9.66. The molecule has 0 bridgehead atoms. The van der Waals surface area contributed by atoms with Crippen molar-refractivity contribution in [2.45, 2.75) is 25.4 Å². The lowest BCUT2D eigenvalue weighted by molar-refractivity contribution is 0.172. The Kier molecular flexibility index (Phi) is 4.97. The van der Waals surface area contributed by atoms with Gasteiger partial charge in [0.2, 0.25) is 0 Å². The smallest absolute Gasteiger partial charge is 0.133 e. The molecule has 1 aliphatic rings. The van der Waals surface area contributed by atoms with Crippen molar-refractivity contribution >= 4 is 27.5 Å². The summed E-state index contributed by atoms with van der Waals surface area (Å²) in [6.07, 6.45) is 0.965. The lowest BCUT2D eigenvalue weighted by atomic mass is 9.92. The second-order valence-corrected chi connectivity index (χ2v) is 7.28. The fourth-order valence-electron chi connectivity index (χ4n) is 3.25. The highest BCUT2D eigenvalue weighted by Crippen LogP contribution is 2.38. The molecule has 2 atom stereocenters. The maximum absolute atomic E-state index is 6.06. The van der Waals surface area contributed by atoms with Gasteiger partial charge in [-0.25, -0.2) is 5.01 Å². The number of nitrogens with one attached hydrogen (secondary N) is 1. The second kappa shape index (κ2) is 6.81. The minimum absolute atomic E-state index is 0.106. The molecule has 1 N–H and O–H groups in total. The summed E-state index contributed by atoms with van der Waals surface area (Å²) in [6, 6.07) is 12.8. The summed E-state index contributed by atoms with van der Waals surface area (Å²) in [4.78, 5) is 0. The molecule has 1 aliphatic heterocycles. The monoisotopic (exact) mass is 394 g/mol. The SMILES string of the molecule is COc1cc2c(cc1Br)CC(C)NN(C)C2c1ccc(Cl)cc1. The number of hydrogen-bond acceptors (Lipinski definition) is 3. The normalized spacial score (nSPS) is 21.6. The van der Waals surface area contributed by atoms with E-state index in [-0.39, 0.29) is 6.04 Å². The maximum atomic E-state index is 6.06. The largest absolute Gasteiger partial charge is 0.496 e. The third-order valence-electron chi connectivity index (χ3n) is 4.23. The molecule has 0 saturated heterocycles. The predicted octanol–water partition coefficient (Wildman–Crippen LogP) is 4.58. The average molecular weight is 396 g/mol. The highest BCUT2D eigenvalue weighted by molar-refractivity contribution is 9.10. The molecule has 5 heteroatoms. The van der Waals surface area contributed by atoms with Crippen LogP contribution in [-0.4, -0.2) is 25.2 Å². The molecule has 2 aromatic rings. The van der Waals surface area contributed by atoms with Crippen LogP contribution in [0.1, 0.15) is 29.7 Å². The summed E-state index contributed by atoms with van der Waals surface area (Å²) < 4.78 is 6.50. The summed E-state index contributed by atoms with van der Waals surface area (Å²) in [5, 5.41) is 2.92. The van der Waals surface area contributed by atoms with E-state index in [4.69, 9.17) is 16.3 Å². The summed E-state index contributed by atoms with van der Waals surface area (Å²) in [6.45, 7) is 2.20. The number of hydrogen-bond donors (Lipinski definition) is 1. The van der Waals surface area contributed by atoms with Crippen molar-refractivity contribution < 1.29 is 4.74 Å². The molecule has 2 unspecified atom stereocenters. The molecule has 0 saturated carbocycles. The first-order chi connectivity index (χ1) is 11.0. The highest BCUT2D eigenvalue weighted by atomic mass is 79.9. The Morgan fingerprint density at radius 2 is 1.96 bits per heavy atom. The van der Waals surface area contributed by atoms with E-state index in [0.717, 1.165) is 21.7 Å². The summed E-state index contributed by atoms with van der Waals surface area (Å²) in [7, 11) is 3.78. The van der Waals surface area contributed by atoms with Crippen molar-refractivity contribution in [1.29, 1.82) is 0 Å². The number of benzene rings is 2. The predicted molar refractivity (Wildman–Crippen MR) is 98.1 cm³/mol. The van der Waals surface area contributed by atoms with Gasteiger partial charge in [0.1, 0.15) is 5.75 Å².